The van der Waals surface area contributed by atoms with Crippen LogP contribution in [0.25, 0.3) is 0 Å². The molecule has 0 heterocycles. The zero-order valence-corrected chi connectivity index (χ0v) is 12.4. The molecule has 0 bridgehead atoms. The first-order chi connectivity index (χ1) is 7.65. The van der Waals surface area contributed by atoms with E-state index in [1.165, 1.54) is 0 Å². The van der Waals surface area contributed by atoms with E-state index in [2.05, 4.69) is 36.7 Å². The second kappa shape index (κ2) is 10.1. The number of esters is 1. The Balaban J connectivity index is 4.00. The average molecular weight is 293 g/mol. The van der Waals surface area contributed by atoms with Gasteiger partial charge in [0.05, 0.1) is 0 Å². The molecule has 0 aromatic heterocycles. The molecule has 0 radical (unpaired) electrons. The van der Waals surface area contributed by atoms with E-state index in [1.54, 1.807) is 0 Å². The molecule has 96 valence electrons. The van der Waals surface area contributed by atoms with Gasteiger partial charge in [-0.3, -0.25) is 4.79 Å². The number of carbonyl (C=O) groups is 1. The molecule has 16 heavy (non-hydrogen) atoms. The van der Waals surface area contributed by atoms with Gasteiger partial charge in [0.2, 0.25) is 0 Å². The molecule has 0 saturated heterocycles. The van der Waals surface area contributed by atoms with E-state index in [-0.39, 0.29) is 16.9 Å². The van der Waals surface area contributed by atoms with Crippen LogP contribution in [-0.2, 0) is 9.53 Å². The largest absolute Gasteiger partial charge is 0.462 e. The molecular weight excluding hydrogens is 268 g/mol. The van der Waals surface area contributed by atoms with Gasteiger partial charge in [0.1, 0.15) is 10.9 Å². The van der Waals surface area contributed by atoms with Crippen molar-refractivity contribution in [3.63, 3.8) is 0 Å². The maximum atomic E-state index is 11.7. The summed E-state index contributed by atoms with van der Waals surface area (Å²) in [5, 5.41) is 0. The number of hydrogen-bond donors (Lipinski definition) is 0. The Morgan fingerprint density at radius 3 is 2.19 bits per heavy atom. The molecule has 0 aliphatic rings. The highest BCUT2D eigenvalue weighted by molar-refractivity contribution is 9.10. The van der Waals surface area contributed by atoms with Crippen LogP contribution in [-0.4, -0.2) is 16.9 Å². The standard InChI is InChI=1S/C13H25BrO2/c1-4-7-10-11(8-5-2)16-13(15)12(14)9-6-3/h11-12H,4-10H2,1-3H3. The highest BCUT2D eigenvalue weighted by Gasteiger charge is 2.19. The Hall–Kier alpha value is -0.0500. The Bertz CT molecular complexity index is 183. The van der Waals surface area contributed by atoms with Crippen LogP contribution in [0.1, 0.15) is 65.7 Å². The molecule has 2 unspecified atom stereocenters. The van der Waals surface area contributed by atoms with Crippen molar-refractivity contribution in [2.24, 2.45) is 0 Å². The number of unbranched alkanes of at least 4 members (excludes halogenated alkanes) is 1. The number of halogens is 1. The maximum Gasteiger partial charge on any atom is 0.319 e. The zero-order valence-electron chi connectivity index (χ0n) is 10.8. The third-order valence-corrected chi connectivity index (χ3v) is 3.40. The minimum absolute atomic E-state index is 0.0867. The quantitative estimate of drug-likeness (QED) is 0.463. The Kier molecular flexibility index (Phi) is 10.1. The molecule has 2 atom stereocenters. The van der Waals surface area contributed by atoms with Crippen molar-refractivity contribution in [3.05, 3.63) is 0 Å². The van der Waals surface area contributed by atoms with Crippen molar-refractivity contribution in [2.45, 2.75) is 76.6 Å². The first-order valence-corrected chi connectivity index (χ1v) is 7.41. The number of alkyl halides is 1. The van der Waals surface area contributed by atoms with E-state index in [0.717, 1.165) is 44.9 Å². The van der Waals surface area contributed by atoms with Crippen LogP contribution in [0.15, 0.2) is 0 Å². The third kappa shape index (κ3) is 7.26. The second-order valence-electron chi connectivity index (χ2n) is 4.25. The summed E-state index contributed by atoms with van der Waals surface area (Å²) in [6.45, 7) is 6.36. The predicted octanol–water partition coefficient (Wildman–Crippen LogP) is 4.45. The van der Waals surface area contributed by atoms with Crippen LogP contribution in [0, 0.1) is 0 Å². The van der Waals surface area contributed by atoms with Crippen molar-refractivity contribution in [3.8, 4) is 0 Å². The Morgan fingerprint density at radius 1 is 1.06 bits per heavy atom. The van der Waals surface area contributed by atoms with E-state index < -0.39 is 0 Å². The van der Waals surface area contributed by atoms with E-state index in [0.29, 0.717) is 0 Å². The molecule has 0 aromatic rings. The van der Waals surface area contributed by atoms with Crippen LogP contribution < -0.4 is 0 Å². The molecule has 0 saturated carbocycles. The summed E-state index contributed by atoms with van der Waals surface area (Å²) < 4.78 is 5.52. The molecule has 2 nitrogen and oxygen atoms in total. The van der Waals surface area contributed by atoms with E-state index >= 15 is 0 Å². The number of ether oxygens (including phenoxy) is 1. The van der Waals surface area contributed by atoms with E-state index in [4.69, 9.17) is 4.74 Å². The smallest absolute Gasteiger partial charge is 0.319 e. The monoisotopic (exact) mass is 292 g/mol. The molecular formula is C13H25BrO2. The van der Waals surface area contributed by atoms with Crippen LogP contribution >= 0.6 is 15.9 Å². The van der Waals surface area contributed by atoms with Crippen molar-refractivity contribution >= 4 is 21.9 Å². The molecule has 0 spiro atoms. The zero-order chi connectivity index (χ0) is 12.4. The van der Waals surface area contributed by atoms with Gasteiger partial charge in [-0.15, -0.1) is 0 Å². The summed E-state index contributed by atoms with van der Waals surface area (Å²) >= 11 is 3.38. The summed E-state index contributed by atoms with van der Waals surface area (Å²) in [6.07, 6.45) is 7.32. The van der Waals surface area contributed by atoms with Crippen LogP contribution in [0.4, 0.5) is 0 Å². The lowest BCUT2D eigenvalue weighted by atomic mass is 10.1. The first kappa shape index (κ1) is 16.0. The summed E-state index contributed by atoms with van der Waals surface area (Å²) in [5.41, 5.74) is 0. The molecule has 0 amide bonds. The van der Waals surface area contributed by atoms with E-state index in [9.17, 15) is 4.79 Å². The van der Waals surface area contributed by atoms with Gasteiger partial charge in [0.15, 0.2) is 0 Å². The van der Waals surface area contributed by atoms with E-state index in [1.807, 2.05) is 0 Å². The third-order valence-electron chi connectivity index (χ3n) is 2.57. The fourth-order valence-electron chi connectivity index (χ4n) is 1.63. The van der Waals surface area contributed by atoms with Gasteiger partial charge >= 0.3 is 5.97 Å². The molecule has 0 aromatic carbocycles. The van der Waals surface area contributed by atoms with Gasteiger partial charge in [-0.2, -0.15) is 0 Å². The lowest BCUT2D eigenvalue weighted by Crippen LogP contribution is -2.24. The highest BCUT2D eigenvalue weighted by Crippen LogP contribution is 2.16. The number of carbonyl (C=O) groups excluding carboxylic acids is 1. The van der Waals surface area contributed by atoms with Gasteiger partial charge < -0.3 is 4.74 Å². The molecule has 0 N–H and O–H groups in total. The predicted molar refractivity (Wildman–Crippen MR) is 71.9 cm³/mol. The fraction of sp³-hybridized carbons (Fsp3) is 0.923. The minimum Gasteiger partial charge on any atom is -0.462 e. The van der Waals surface area contributed by atoms with Crippen LogP contribution in [0.5, 0.6) is 0 Å². The lowest BCUT2D eigenvalue weighted by molar-refractivity contribution is -0.149. The SMILES string of the molecule is CCCCC(CCC)OC(=O)C(Br)CCC. The van der Waals surface area contributed by atoms with Gasteiger partial charge in [0, 0.05) is 0 Å². The highest BCUT2D eigenvalue weighted by atomic mass is 79.9. The average Bonchev–Trinajstić information content (AvgIpc) is 2.26. The van der Waals surface area contributed by atoms with Crippen molar-refractivity contribution in [1.82, 2.24) is 0 Å². The molecule has 0 aliphatic heterocycles. The van der Waals surface area contributed by atoms with Gasteiger partial charge in [-0.25, -0.2) is 0 Å². The van der Waals surface area contributed by atoms with Gasteiger partial charge in [-0.1, -0.05) is 62.4 Å². The minimum atomic E-state index is -0.126. The molecule has 0 aliphatic carbocycles. The topological polar surface area (TPSA) is 26.3 Å². The lowest BCUT2D eigenvalue weighted by Gasteiger charge is -2.18. The van der Waals surface area contributed by atoms with Crippen molar-refractivity contribution < 1.29 is 9.53 Å². The second-order valence-corrected chi connectivity index (χ2v) is 5.35. The summed E-state index contributed by atoms with van der Waals surface area (Å²) in [4.78, 5) is 11.6. The maximum absolute atomic E-state index is 11.7. The van der Waals surface area contributed by atoms with Crippen LogP contribution in [0.3, 0.4) is 0 Å². The number of rotatable bonds is 9. The van der Waals surface area contributed by atoms with Crippen molar-refractivity contribution in [1.29, 1.82) is 0 Å². The molecule has 0 fully saturated rings. The Labute approximate surface area is 108 Å². The molecule has 0 rings (SSSR count). The summed E-state index contributed by atoms with van der Waals surface area (Å²) in [7, 11) is 0. The number of hydrogen-bond acceptors (Lipinski definition) is 2. The Morgan fingerprint density at radius 2 is 1.69 bits per heavy atom. The van der Waals surface area contributed by atoms with Gasteiger partial charge in [0.25, 0.3) is 0 Å². The summed E-state index contributed by atoms with van der Waals surface area (Å²) in [5.74, 6) is -0.0867. The van der Waals surface area contributed by atoms with Crippen LogP contribution in [0.2, 0.25) is 0 Å². The first-order valence-electron chi connectivity index (χ1n) is 6.50. The normalized spacial score (nSPS) is 14.5. The summed E-state index contributed by atoms with van der Waals surface area (Å²) in [6, 6.07) is 0. The van der Waals surface area contributed by atoms with Gasteiger partial charge in [-0.05, 0) is 19.3 Å². The fourth-order valence-corrected chi connectivity index (χ4v) is 2.19. The van der Waals surface area contributed by atoms with Crippen molar-refractivity contribution in [2.75, 3.05) is 0 Å². The molecule has 3 heteroatoms.